The van der Waals surface area contributed by atoms with Gasteiger partial charge in [0.1, 0.15) is 5.69 Å². The number of amides is 1. The lowest BCUT2D eigenvalue weighted by atomic mass is 10.2. The number of nitro benzene ring substituents is 1. The summed E-state index contributed by atoms with van der Waals surface area (Å²) in [5, 5.41) is 10.9. The first kappa shape index (κ1) is 15.9. The van der Waals surface area contributed by atoms with Gasteiger partial charge in [0, 0.05) is 12.5 Å². The summed E-state index contributed by atoms with van der Waals surface area (Å²) in [5.74, 6) is -0.692. The van der Waals surface area contributed by atoms with Crippen molar-refractivity contribution in [2.24, 2.45) is 5.73 Å². The Morgan fingerprint density at radius 3 is 2.60 bits per heavy atom. The SMILES string of the molecule is CC(CC(N)=O)NS(=O)(=O)c1cccc(N)c1[N+](=O)[O-]. The Morgan fingerprint density at radius 2 is 2.10 bits per heavy atom. The van der Waals surface area contributed by atoms with E-state index in [-0.39, 0.29) is 12.1 Å². The second-order valence-corrected chi connectivity index (χ2v) is 5.83. The van der Waals surface area contributed by atoms with E-state index in [0.29, 0.717) is 0 Å². The molecule has 0 saturated carbocycles. The number of nitrogens with zero attached hydrogens (tertiary/aromatic N) is 1. The maximum atomic E-state index is 12.1. The molecule has 0 radical (unpaired) electrons. The minimum absolute atomic E-state index is 0.227. The first-order chi connectivity index (χ1) is 9.15. The van der Waals surface area contributed by atoms with Crippen molar-refractivity contribution in [2.45, 2.75) is 24.3 Å². The van der Waals surface area contributed by atoms with E-state index >= 15 is 0 Å². The zero-order chi connectivity index (χ0) is 15.5. The molecular weight excluding hydrogens is 288 g/mol. The molecule has 1 amide bonds. The highest BCUT2D eigenvalue weighted by molar-refractivity contribution is 7.89. The van der Waals surface area contributed by atoms with Crippen molar-refractivity contribution < 1.29 is 18.1 Å². The maximum Gasteiger partial charge on any atom is 0.312 e. The molecule has 1 aromatic carbocycles. The highest BCUT2D eigenvalue weighted by Crippen LogP contribution is 2.29. The average molecular weight is 302 g/mol. The number of carbonyl (C=O) groups is 1. The van der Waals surface area contributed by atoms with E-state index in [1.54, 1.807) is 0 Å². The van der Waals surface area contributed by atoms with Gasteiger partial charge in [0.05, 0.1) is 4.92 Å². The van der Waals surface area contributed by atoms with Gasteiger partial charge >= 0.3 is 5.69 Å². The first-order valence-electron chi connectivity index (χ1n) is 5.48. The number of hydrogen-bond acceptors (Lipinski definition) is 6. The van der Waals surface area contributed by atoms with Crippen LogP contribution >= 0.6 is 0 Å². The van der Waals surface area contributed by atoms with Gasteiger partial charge < -0.3 is 11.5 Å². The summed E-state index contributed by atoms with van der Waals surface area (Å²) < 4.78 is 26.3. The molecule has 5 N–H and O–H groups in total. The fraction of sp³-hybridized carbons (Fsp3) is 0.300. The molecule has 0 heterocycles. The van der Waals surface area contributed by atoms with Gasteiger partial charge in [-0.25, -0.2) is 13.1 Å². The van der Waals surface area contributed by atoms with Crippen LogP contribution in [0.2, 0.25) is 0 Å². The molecule has 0 aliphatic heterocycles. The van der Waals surface area contributed by atoms with E-state index in [4.69, 9.17) is 11.5 Å². The van der Waals surface area contributed by atoms with Gasteiger partial charge in [-0.15, -0.1) is 0 Å². The van der Waals surface area contributed by atoms with Gasteiger partial charge in [-0.3, -0.25) is 14.9 Å². The summed E-state index contributed by atoms with van der Waals surface area (Å²) in [6, 6.07) is 2.78. The minimum atomic E-state index is -4.18. The van der Waals surface area contributed by atoms with Crippen molar-refractivity contribution in [3.63, 3.8) is 0 Å². The third kappa shape index (κ3) is 3.65. The van der Waals surface area contributed by atoms with Gasteiger partial charge in [-0.05, 0) is 19.1 Å². The number of nitrogens with two attached hydrogens (primary N) is 2. The first-order valence-corrected chi connectivity index (χ1v) is 6.97. The fourth-order valence-corrected chi connectivity index (χ4v) is 3.07. The highest BCUT2D eigenvalue weighted by Gasteiger charge is 2.29. The molecule has 0 saturated heterocycles. The number of carbonyl (C=O) groups excluding carboxylic acids is 1. The summed E-state index contributed by atoms with van der Waals surface area (Å²) in [4.78, 5) is 20.2. The molecule has 110 valence electrons. The molecule has 0 aliphatic carbocycles. The van der Waals surface area contributed by atoms with Crippen molar-refractivity contribution in [1.82, 2.24) is 4.72 Å². The molecule has 20 heavy (non-hydrogen) atoms. The lowest BCUT2D eigenvalue weighted by molar-refractivity contribution is -0.386. The Morgan fingerprint density at radius 1 is 1.50 bits per heavy atom. The number of anilines is 1. The Kier molecular flexibility index (Phi) is 4.63. The second-order valence-electron chi connectivity index (χ2n) is 4.14. The second kappa shape index (κ2) is 5.84. The van der Waals surface area contributed by atoms with Crippen LogP contribution in [0.1, 0.15) is 13.3 Å². The van der Waals surface area contributed by atoms with E-state index in [1.807, 2.05) is 0 Å². The standard InChI is InChI=1S/C10H14N4O5S/c1-6(5-9(12)15)13-20(18,19)8-4-2-3-7(11)10(8)14(16)17/h2-4,6,13H,5,11H2,1H3,(H2,12,15). The Labute approximate surface area is 115 Å². The largest absolute Gasteiger partial charge is 0.393 e. The van der Waals surface area contributed by atoms with E-state index in [0.717, 1.165) is 6.07 Å². The molecule has 1 atom stereocenters. The molecule has 1 unspecified atom stereocenters. The van der Waals surface area contributed by atoms with Gasteiger partial charge in [-0.2, -0.15) is 0 Å². The summed E-state index contributed by atoms with van der Waals surface area (Å²) in [5.41, 5.74) is 9.41. The van der Waals surface area contributed by atoms with Gasteiger partial charge in [0.15, 0.2) is 4.90 Å². The number of benzene rings is 1. The van der Waals surface area contributed by atoms with Crippen molar-refractivity contribution in [3.05, 3.63) is 28.3 Å². The lowest BCUT2D eigenvalue weighted by Gasteiger charge is -2.13. The number of nitro groups is 1. The molecule has 10 heteroatoms. The zero-order valence-corrected chi connectivity index (χ0v) is 11.4. The molecule has 1 aromatic rings. The van der Waals surface area contributed by atoms with E-state index in [2.05, 4.69) is 4.72 Å². The average Bonchev–Trinajstić information content (AvgIpc) is 2.25. The third-order valence-corrected chi connectivity index (χ3v) is 3.99. The van der Waals surface area contributed by atoms with Crippen LogP contribution < -0.4 is 16.2 Å². The Bertz CT molecular complexity index is 643. The predicted molar refractivity (Wildman–Crippen MR) is 71.1 cm³/mol. The molecule has 0 bridgehead atoms. The number of primary amides is 1. The summed E-state index contributed by atoms with van der Waals surface area (Å²) in [6.07, 6.45) is -0.227. The van der Waals surface area contributed by atoms with Crippen LogP contribution in [-0.2, 0) is 14.8 Å². The maximum absolute atomic E-state index is 12.1. The van der Waals surface area contributed by atoms with E-state index in [1.165, 1.54) is 19.1 Å². The minimum Gasteiger partial charge on any atom is -0.393 e. The normalized spacial score (nSPS) is 12.8. The fourth-order valence-electron chi connectivity index (χ4n) is 1.62. The summed E-state index contributed by atoms with van der Waals surface area (Å²) >= 11 is 0. The van der Waals surface area contributed by atoms with Crippen LogP contribution in [0.25, 0.3) is 0 Å². The van der Waals surface area contributed by atoms with Crippen molar-refractivity contribution in [2.75, 3.05) is 5.73 Å². The molecule has 0 aliphatic rings. The van der Waals surface area contributed by atoms with Crippen LogP contribution in [0.15, 0.2) is 23.1 Å². The predicted octanol–water partition coefficient (Wildman–Crippen LogP) is -0.281. The summed E-state index contributed by atoms with van der Waals surface area (Å²) in [7, 11) is -4.18. The van der Waals surface area contributed by atoms with Crippen LogP contribution in [0.5, 0.6) is 0 Å². The van der Waals surface area contributed by atoms with E-state index < -0.39 is 37.5 Å². The quantitative estimate of drug-likeness (QED) is 0.372. The van der Waals surface area contributed by atoms with Gasteiger partial charge in [-0.1, -0.05) is 6.07 Å². The Balaban J connectivity index is 3.20. The van der Waals surface area contributed by atoms with Crippen LogP contribution in [0, 0.1) is 10.1 Å². The number of nitrogens with one attached hydrogen (secondary N) is 1. The van der Waals surface area contributed by atoms with E-state index in [9.17, 15) is 23.3 Å². The smallest absolute Gasteiger partial charge is 0.312 e. The van der Waals surface area contributed by atoms with Crippen molar-refractivity contribution in [3.8, 4) is 0 Å². The summed E-state index contributed by atoms with van der Waals surface area (Å²) in [6.45, 7) is 1.42. The lowest BCUT2D eigenvalue weighted by Crippen LogP contribution is -2.36. The number of hydrogen-bond donors (Lipinski definition) is 3. The molecule has 0 aromatic heterocycles. The van der Waals surface area contributed by atoms with Crippen LogP contribution in [0.3, 0.4) is 0 Å². The topological polar surface area (TPSA) is 158 Å². The van der Waals surface area contributed by atoms with Crippen LogP contribution in [0.4, 0.5) is 11.4 Å². The monoisotopic (exact) mass is 302 g/mol. The number of rotatable bonds is 6. The van der Waals surface area contributed by atoms with Gasteiger partial charge in [0.2, 0.25) is 15.9 Å². The Hall–Kier alpha value is -2.20. The number of nitrogen functional groups attached to an aromatic ring is 1. The molecule has 0 fully saturated rings. The third-order valence-electron chi connectivity index (χ3n) is 2.37. The van der Waals surface area contributed by atoms with Crippen molar-refractivity contribution >= 4 is 27.3 Å². The number of sulfonamides is 1. The molecular formula is C10H14N4O5S. The molecule has 9 nitrogen and oxygen atoms in total. The van der Waals surface area contributed by atoms with Crippen molar-refractivity contribution in [1.29, 1.82) is 0 Å². The van der Waals surface area contributed by atoms with Crippen LogP contribution in [-0.4, -0.2) is 25.3 Å². The zero-order valence-electron chi connectivity index (χ0n) is 10.6. The van der Waals surface area contributed by atoms with Gasteiger partial charge in [0.25, 0.3) is 0 Å². The molecule has 1 rings (SSSR count). The number of para-hydroxylation sites is 1. The molecule has 0 spiro atoms. The highest BCUT2D eigenvalue weighted by atomic mass is 32.2.